The first kappa shape index (κ1) is 14.0. The smallest absolute Gasteiger partial charge is 0.434 e. The molecular formula is C7H3BrF6N2O. The van der Waals surface area contributed by atoms with Crippen molar-refractivity contribution >= 4 is 15.9 Å². The summed E-state index contributed by atoms with van der Waals surface area (Å²) in [5.74, 6) is -0.827. The van der Waals surface area contributed by atoms with Crippen LogP contribution in [0.1, 0.15) is 0 Å². The minimum atomic E-state index is -5.57. The topological polar surface area (TPSA) is 35.0 Å². The molecule has 0 unspecified atom stereocenters. The van der Waals surface area contributed by atoms with Gasteiger partial charge in [-0.2, -0.15) is 26.3 Å². The van der Waals surface area contributed by atoms with Crippen LogP contribution in [0, 0.1) is 0 Å². The van der Waals surface area contributed by atoms with E-state index in [1.54, 1.807) is 0 Å². The van der Waals surface area contributed by atoms with Gasteiger partial charge in [0.1, 0.15) is 10.9 Å². The number of hydrogen-bond donors (Lipinski definition) is 0. The van der Waals surface area contributed by atoms with Gasteiger partial charge in [0.25, 0.3) is 6.10 Å². The highest BCUT2D eigenvalue weighted by Crippen LogP contribution is 2.36. The van der Waals surface area contributed by atoms with E-state index in [-0.39, 0.29) is 4.60 Å². The van der Waals surface area contributed by atoms with Gasteiger partial charge in [0.2, 0.25) is 5.88 Å². The summed E-state index contributed by atoms with van der Waals surface area (Å²) >= 11 is 2.76. The summed E-state index contributed by atoms with van der Waals surface area (Å²) in [6, 6.07) is 0.796. The fourth-order valence-corrected chi connectivity index (χ4v) is 1.11. The molecule has 1 heterocycles. The lowest BCUT2D eigenvalue weighted by Crippen LogP contribution is -2.46. The molecule has 1 aromatic heterocycles. The molecular weight excluding hydrogens is 322 g/mol. The predicted molar refractivity (Wildman–Crippen MR) is 46.3 cm³/mol. The van der Waals surface area contributed by atoms with E-state index in [0.29, 0.717) is 0 Å². The van der Waals surface area contributed by atoms with Gasteiger partial charge in [0, 0.05) is 6.07 Å². The first-order chi connectivity index (χ1) is 7.60. The van der Waals surface area contributed by atoms with E-state index in [1.807, 2.05) is 0 Å². The van der Waals surface area contributed by atoms with E-state index in [9.17, 15) is 26.3 Å². The van der Waals surface area contributed by atoms with Crippen molar-refractivity contribution in [3.05, 3.63) is 17.0 Å². The zero-order valence-corrected chi connectivity index (χ0v) is 9.27. The molecule has 0 radical (unpaired) electrons. The molecule has 0 spiro atoms. The maximum atomic E-state index is 12.1. The molecule has 1 aromatic rings. The average molecular weight is 325 g/mol. The van der Waals surface area contributed by atoms with Crippen LogP contribution >= 0.6 is 15.9 Å². The van der Waals surface area contributed by atoms with Crippen LogP contribution in [0.3, 0.4) is 0 Å². The Morgan fingerprint density at radius 2 is 1.59 bits per heavy atom. The van der Waals surface area contributed by atoms with E-state index in [1.165, 1.54) is 0 Å². The Morgan fingerprint density at radius 3 is 2.00 bits per heavy atom. The van der Waals surface area contributed by atoms with Crippen LogP contribution in [0.25, 0.3) is 0 Å². The average Bonchev–Trinajstić information content (AvgIpc) is 2.10. The van der Waals surface area contributed by atoms with Crippen molar-refractivity contribution in [2.75, 3.05) is 0 Å². The Balaban J connectivity index is 2.96. The minimum Gasteiger partial charge on any atom is -0.455 e. The number of hydrogen-bond acceptors (Lipinski definition) is 3. The standard InChI is InChI=1S/C7H3BrF6N2O/c8-3-1-4(16-2-15-3)17-5(6(9,10)11)7(12,13)14/h1-2,5H. The van der Waals surface area contributed by atoms with Gasteiger partial charge in [-0.15, -0.1) is 0 Å². The lowest BCUT2D eigenvalue weighted by Gasteiger charge is -2.23. The van der Waals surface area contributed by atoms with Crippen LogP contribution in [0.15, 0.2) is 17.0 Å². The summed E-state index contributed by atoms with van der Waals surface area (Å²) in [7, 11) is 0. The molecule has 0 N–H and O–H groups in total. The third-order valence-corrected chi connectivity index (χ3v) is 1.88. The fraction of sp³-hybridized carbons (Fsp3) is 0.429. The number of alkyl halides is 6. The van der Waals surface area contributed by atoms with Gasteiger partial charge in [0.05, 0.1) is 0 Å². The molecule has 10 heteroatoms. The third kappa shape index (κ3) is 4.02. The third-order valence-electron chi connectivity index (χ3n) is 1.44. The molecule has 0 saturated heterocycles. The SMILES string of the molecule is FC(F)(F)C(Oc1cc(Br)ncn1)C(F)(F)F. The predicted octanol–water partition coefficient (Wildman–Crippen LogP) is 3.11. The van der Waals surface area contributed by atoms with Crippen LogP contribution < -0.4 is 4.74 Å². The van der Waals surface area contributed by atoms with Crippen molar-refractivity contribution in [2.24, 2.45) is 0 Å². The first-order valence-corrected chi connectivity index (χ1v) is 4.67. The summed E-state index contributed by atoms with van der Waals surface area (Å²) in [6.07, 6.45) is -14.3. The lowest BCUT2D eigenvalue weighted by molar-refractivity contribution is -0.300. The van der Waals surface area contributed by atoms with Gasteiger partial charge in [-0.05, 0) is 15.9 Å². The molecule has 17 heavy (non-hydrogen) atoms. The van der Waals surface area contributed by atoms with Crippen molar-refractivity contribution in [1.82, 2.24) is 9.97 Å². The Hall–Kier alpha value is -1.06. The largest absolute Gasteiger partial charge is 0.455 e. The van der Waals surface area contributed by atoms with E-state index < -0.39 is 24.3 Å². The number of rotatable bonds is 2. The van der Waals surface area contributed by atoms with E-state index in [4.69, 9.17) is 0 Å². The minimum absolute atomic E-state index is 0.00518. The molecule has 0 aromatic carbocycles. The molecule has 3 nitrogen and oxygen atoms in total. The van der Waals surface area contributed by atoms with Gasteiger partial charge in [-0.25, -0.2) is 9.97 Å². The second kappa shape index (κ2) is 4.67. The molecule has 1 rings (SSSR count). The van der Waals surface area contributed by atoms with Crippen LogP contribution in [0.5, 0.6) is 5.88 Å². The number of halogens is 7. The van der Waals surface area contributed by atoms with Gasteiger partial charge in [-0.3, -0.25) is 0 Å². The molecule has 0 aliphatic rings. The lowest BCUT2D eigenvalue weighted by atomic mass is 10.3. The number of nitrogens with zero attached hydrogens (tertiary/aromatic N) is 2. The molecule has 0 aliphatic carbocycles. The number of ether oxygens (including phenoxy) is 1. The van der Waals surface area contributed by atoms with Crippen molar-refractivity contribution in [3.8, 4) is 5.88 Å². The first-order valence-electron chi connectivity index (χ1n) is 3.88. The Morgan fingerprint density at radius 1 is 1.06 bits per heavy atom. The summed E-state index contributed by atoms with van der Waals surface area (Å²) in [4.78, 5) is 6.58. The highest BCUT2D eigenvalue weighted by atomic mass is 79.9. The molecule has 0 amide bonds. The summed E-state index contributed by atoms with van der Waals surface area (Å²) in [5, 5.41) is 0. The Bertz CT molecular complexity index is 379. The van der Waals surface area contributed by atoms with E-state index >= 15 is 0 Å². The molecule has 0 fully saturated rings. The van der Waals surface area contributed by atoms with E-state index in [0.717, 1.165) is 12.4 Å². The van der Waals surface area contributed by atoms with Crippen LogP contribution in [0.4, 0.5) is 26.3 Å². The Kier molecular flexibility index (Phi) is 3.84. The van der Waals surface area contributed by atoms with Gasteiger partial charge in [-0.1, -0.05) is 0 Å². The second-order valence-electron chi connectivity index (χ2n) is 2.76. The zero-order chi connectivity index (χ0) is 13.3. The normalized spacial score (nSPS) is 12.9. The van der Waals surface area contributed by atoms with Crippen LogP contribution in [-0.4, -0.2) is 28.4 Å². The molecule has 0 saturated carbocycles. The zero-order valence-electron chi connectivity index (χ0n) is 7.68. The highest BCUT2D eigenvalue weighted by Gasteiger charge is 2.59. The highest BCUT2D eigenvalue weighted by molar-refractivity contribution is 9.10. The Labute approximate surface area is 98.9 Å². The van der Waals surface area contributed by atoms with Gasteiger partial charge in [0.15, 0.2) is 0 Å². The van der Waals surface area contributed by atoms with Gasteiger partial charge < -0.3 is 4.74 Å². The second-order valence-corrected chi connectivity index (χ2v) is 3.57. The molecule has 0 aliphatic heterocycles. The summed E-state index contributed by atoms with van der Waals surface area (Å²) in [5.41, 5.74) is 0. The van der Waals surface area contributed by atoms with E-state index in [2.05, 4.69) is 30.6 Å². The van der Waals surface area contributed by atoms with Crippen molar-refractivity contribution in [1.29, 1.82) is 0 Å². The summed E-state index contributed by atoms with van der Waals surface area (Å²) < 4.78 is 76.4. The quantitative estimate of drug-likeness (QED) is 0.619. The van der Waals surface area contributed by atoms with Crippen molar-refractivity contribution in [2.45, 2.75) is 18.5 Å². The maximum Gasteiger partial charge on any atom is 0.434 e. The maximum absolute atomic E-state index is 12.1. The molecule has 96 valence electrons. The summed E-state index contributed by atoms with van der Waals surface area (Å²) in [6.45, 7) is 0. The monoisotopic (exact) mass is 324 g/mol. The molecule has 0 atom stereocenters. The van der Waals surface area contributed by atoms with Crippen LogP contribution in [-0.2, 0) is 0 Å². The van der Waals surface area contributed by atoms with Crippen molar-refractivity contribution in [3.63, 3.8) is 0 Å². The van der Waals surface area contributed by atoms with Gasteiger partial charge >= 0.3 is 12.4 Å². The van der Waals surface area contributed by atoms with Crippen LogP contribution in [0.2, 0.25) is 0 Å². The number of aromatic nitrogens is 2. The van der Waals surface area contributed by atoms with Crippen molar-refractivity contribution < 1.29 is 31.1 Å². The fourth-order valence-electron chi connectivity index (χ4n) is 0.822. The molecule has 0 bridgehead atoms.